The van der Waals surface area contributed by atoms with Crippen LogP contribution in [0.5, 0.6) is 23.0 Å². The van der Waals surface area contributed by atoms with E-state index >= 15 is 0 Å². The number of rotatable bonds is 6. The molecule has 0 saturated heterocycles. The van der Waals surface area contributed by atoms with Gasteiger partial charge in [-0.05, 0) is 12.1 Å². The number of benzene rings is 2. The Labute approximate surface area is 155 Å². The summed E-state index contributed by atoms with van der Waals surface area (Å²) in [5.41, 5.74) is 12.3. The van der Waals surface area contributed by atoms with Gasteiger partial charge in [-0.3, -0.25) is 4.57 Å². The summed E-state index contributed by atoms with van der Waals surface area (Å²) in [5, 5.41) is 8.00. The van der Waals surface area contributed by atoms with Crippen LogP contribution in [0.25, 0.3) is 0 Å². The number of anilines is 2. The summed E-state index contributed by atoms with van der Waals surface area (Å²) in [7, 11) is 3.14. The van der Waals surface area contributed by atoms with Gasteiger partial charge in [-0.1, -0.05) is 17.7 Å². The van der Waals surface area contributed by atoms with Gasteiger partial charge >= 0.3 is 0 Å². The zero-order valence-electron chi connectivity index (χ0n) is 14.3. The number of aromatic nitrogens is 3. The van der Waals surface area contributed by atoms with E-state index in [1.807, 2.05) is 0 Å². The van der Waals surface area contributed by atoms with Gasteiger partial charge in [0.1, 0.15) is 23.0 Å². The van der Waals surface area contributed by atoms with Crippen molar-refractivity contribution in [1.82, 2.24) is 14.8 Å². The molecular formula is C17H18ClN5O3. The Bertz CT molecular complexity index is 887. The van der Waals surface area contributed by atoms with Gasteiger partial charge in [0.15, 0.2) is 0 Å². The first kappa shape index (κ1) is 17.7. The Morgan fingerprint density at radius 1 is 0.962 bits per heavy atom. The fourth-order valence-electron chi connectivity index (χ4n) is 2.40. The lowest BCUT2D eigenvalue weighted by Gasteiger charge is -2.15. The number of ether oxygens (including phenoxy) is 3. The molecule has 0 radical (unpaired) electrons. The minimum Gasteiger partial charge on any atom is -0.496 e. The molecule has 3 rings (SSSR count). The minimum atomic E-state index is 0.191. The van der Waals surface area contributed by atoms with E-state index in [0.717, 1.165) is 0 Å². The van der Waals surface area contributed by atoms with E-state index in [2.05, 4.69) is 10.2 Å². The number of hydrogen-bond donors (Lipinski definition) is 2. The molecule has 9 heteroatoms. The van der Waals surface area contributed by atoms with Crippen LogP contribution in [-0.2, 0) is 6.54 Å². The largest absolute Gasteiger partial charge is 0.496 e. The molecule has 0 amide bonds. The van der Waals surface area contributed by atoms with Crippen molar-refractivity contribution in [3.63, 3.8) is 0 Å². The number of halogens is 1. The van der Waals surface area contributed by atoms with Gasteiger partial charge in [0.25, 0.3) is 0 Å². The van der Waals surface area contributed by atoms with Gasteiger partial charge in [0.05, 0.1) is 20.8 Å². The van der Waals surface area contributed by atoms with E-state index in [1.54, 1.807) is 55.2 Å². The van der Waals surface area contributed by atoms with Crippen LogP contribution in [0.1, 0.15) is 5.56 Å². The third-order valence-corrected chi connectivity index (χ3v) is 4.11. The average Bonchev–Trinajstić information content (AvgIpc) is 2.95. The second-order valence-electron chi connectivity index (χ2n) is 5.37. The maximum absolute atomic E-state index is 6.37. The van der Waals surface area contributed by atoms with Crippen LogP contribution in [0.3, 0.4) is 0 Å². The van der Waals surface area contributed by atoms with Crippen LogP contribution in [0.15, 0.2) is 36.4 Å². The monoisotopic (exact) mass is 375 g/mol. The first-order chi connectivity index (χ1) is 12.5. The highest BCUT2D eigenvalue weighted by Crippen LogP contribution is 2.35. The van der Waals surface area contributed by atoms with Crippen molar-refractivity contribution >= 4 is 23.5 Å². The molecule has 4 N–H and O–H groups in total. The van der Waals surface area contributed by atoms with Gasteiger partial charge in [0.2, 0.25) is 11.9 Å². The number of methoxy groups -OCH3 is 2. The second kappa shape index (κ2) is 7.40. The number of nitrogens with zero attached hydrogens (tertiary/aromatic N) is 3. The quantitative estimate of drug-likeness (QED) is 0.681. The molecule has 0 saturated carbocycles. The average molecular weight is 376 g/mol. The van der Waals surface area contributed by atoms with Crippen LogP contribution in [0.2, 0.25) is 5.02 Å². The lowest BCUT2D eigenvalue weighted by atomic mass is 10.2. The fraction of sp³-hybridized carbons (Fsp3) is 0.176. The Kier molecular flexibility index (Phi) is 5.04. The van der Waals surface area contributed by atoms with Crippen molar-refractivity contribution in [3.8, 4) is 23.0 Å². The third-order valence-electron chi connectivity index (χ3n) is 3.75. The summed E-state index contributed by atoms with van der Waals surface area (Å²) in [6.45, 7) is 0.265. The Balaban J connectivity index is 1.98. The summed E-state index contributed by atoms with van der Waals surface area (Å²) in [5.74, 6) is 2.67. The molecule has 1 heterocycles. The standard InChI is InChI=1S/C17H18ClN5O3/c1-24-10-6-11(25-2)8-12(7-10)26-15-5-3-4-14(18)13(15)9-23-16(19)21-22-17(23)20/h3-8H,9H2,1-2H3,(H2,19,21)(H2,20,22). The van der Waals surface area contributed by atoms with E-state index in [9.17, 15) is 0 Å². The molecular weight excluding hydrogens is 358 g/mol. The lowest BCUT2D eigenvalue weighted by Crippen LogP contribution is -2.09. The third kappa shape index (κ3) is 3.60. The molecule has 0 aliphatic carbocycles. The Morgan fingerprint density at radius 2 is 1.54 bits per heavy atom. The van der Waals surface area contributed by atoms with Crippen LogP contribution >= 0.6 is 11.6 Å². The zero-order valence-corrected chi connectivity index (χ0v) is 15.0. The van der Waals surface area contributed by atoms with Crippen LogP contribution < -0.4 is 25.7 Å². The maximum Gasteiger partial charge on any atom is 0.223 e. The molecule has 26 heavy (non-hydrogen) atoms. The molecule has 3 aromatic rings. The number of nitrogens with two attached hydrogens (primary N) is 2. The van der Waals surface area contributed by atoms with Crippen molar-refractivity contribution < 1.29 is 14.2 Å². The molecule has 1 aromatic heterocycles. The highest BCUT2D eigenvalue weighted by Gasteiger charge is 2.15. The SMILES string of the molecule is COc1cc(OC)cc(Oc2cccc(Cl)c2Cn2c(N)nnc2N)c1. The Hall–Kier alpha value is -3.13. The van der Waals surface area contributed by atoms with E-state index in [4.69, 9.17) is 37.3 Å². The predicted octanol–water partition coefficient (Wildman–Crippen LogP) is 2.95. The van der Waals surface area contributed by atoms with E-state index < -0.39 is 0 Å². The first-order valence-corrected chi connectivity index (χ1v) is 8.02. The van der Waals surface area contributed by atoms with Gasteiger partial charge in [-0.25, -0.2) is 0 Å². The number of nitrogen functional groups attached to an aromatic ring is 2. The second-order valence-corrected chi connectivity index (χ2v) is 5.78. The molecule has 0 atom stereocenters. The van der Waals surface area contributed by atoms with Crippen molar-refractivity contribution in [2.45, 2.75) is 6.54 Å². The normalized spacial score (nSPS) is 10.6. The summed E-state index contributed by atoms with van der Waals surface area (Å²) in [4.78, 5) is 0. The van der Waals surface area contributed by atoms with Crippen LogP contribution in [-0.4, -0.2) is 29.0 Å². The molecule has 0 unspecified atom stereocenters. The fourth-order valence-corrected chi connectivity index (χ4v) is 2.63. The zero-order chi connectivity index (χ0) is 18.7. The summed E-state index contributed by atoms with van der Waals surface area (Å²) >= 11 is 6.37. The smallest absolute Gasteiger partial charge is 0.223 e. The highest BCUT2D eigenvalue weighted by atomic mass is 35.5. The topological polar surface area (TPSA) is 110 Å². The van der Waals surface area contributed by atoms with Crippen LogP contribution in [0.4, 0.5) is 11.9 Å². The van der Waals surface area contributed by atoms with Gasteiger partial charge < -0.3 is 25.7 Å². The van der Waals surface area contributed by atoms with Crippen molar-refractivity contribution in [2.75, 3.05) is 25.7 Å². The predicted molar refractivity (Wildman–Crippen MR) is 99.0 cm³/mol. The van der Waals surface area contributed by atoms with Gasteiger partial charge in [-0.15, -0.1) is 10.2 Å². The molecule has 2 aromatic carbocycles. The van der Waals surface area contributed by atoms with E-state index in [1.165, 1.54) is 0 Å². The minimum absolute atomic E-state index is 0.191. The first-order valence-electron chi connectivity index (χ1n) is 7.64. The van der Waals surface area contributed by atoms with E-state index in [-0.39, 0.29) is 18.4 Å². The molecule has 8 nitrogen and oxygen atoms in total. The summed E-state index contributed by atoms with van der Waals surface area (Å²) < 4.78 is 18.1. The maximum atomic E-state index is 6.37. The van der Waals surface area contributed by atoms with Crippen molar-refractivity contribution in [3.05, 3.63) is 47.0 Å². The molecule has 136 valence electrons. The van der Waals surface area contributed by atoms with Gasteiger partial charge in [-0.2, -0.15) is 0 Å². The highest BCUT2D eigenvalue weighted by molar-refractivity contribution is 6.31. The summed E-state index contributed by atoms with van der Waals surface area (Å²) in [6.07, 6.45) is 0. The molecule has 0 aliphatic heterocycles. The van der Waals surface area contributed by atoms with Crippen molar-refractivity contribution in [2.24, 2.45) is 0 Å². The molecule has 0 fully saturated rings. The van der Waals surface area contributed by atoms with Gasteiger partial charge in [0, 0.05) is 28.8 Å². The lowest BCUT2D eigenvalue weighted by molar-refractivity contribution is 0.386. The molecule has 0 spiro atoms. The summed E-state index contributed by atoms with van der Waals surface area (Å²) in [6, 6.07) is 10.6. The van der Waals surface area contributed by atoms with E-state index in [0.29, 0.717) is 33.6 Å². The van der Waals surface area contributed by atoms with Crippen molar-refractivity contribution in [1.29, 1.82) is 0 Å². The molecule has 0 aliphatic rings. The molecule has 0 bridgehead atoms. The van der Waals surface area contributed by atoms with Crippen LogP contribution in [0, 0.1) is 0 Å². The Morgan fingerprint density at radius 3 is 2.12 bits per heavy atom. The number of hydrogen-bond acceptors (Lipinski definition) is 7.